The zero-order valence-corrected chi connectivity index (χ0v) is 24.0. The van der Waals surface area contributed by atoms with Crippen LogP contribution in [-0.2, 0) is 32.0 Å². The number of imidazole rings is 2. The summed E-state index contributed by atoms with van der Waals surface area (Å²) in [6.45, 7) is -1.35. The first-order chi connectivity index (χ1) is 20.9. The number of rotatable bonds is 2. The number of ether oxygens (including phenoxy) is 1. The van der Waals surface area contributed by atoms with Crippen LogP contribution in [0.1, 0.15) is 18.7 Å². The second-order valence-corrected chi connectivity index (χ2v) is 13.2. The monoisotopic (exact) mass is 657 g/mol. The smallest absolute Gasteiger partial charge is 0.390 e. The molecule has 236 valence electrons. The number of nitrogens with two attached hydrogens (primary N) is 1. The summed E-state index contributed by atoms with van der Waals surface area (Å²) >= 11 is 0. The maximum absolute atomic E-state index is 13.2. The summed E-state index contributed by atoms with van der Waals surface area (Å²) in [6, 6.07) is -0.936. The lowest BCUT2D eigenvalue weighted by Gasteiger charge is -2.26. The lowest BCUT2D eigenvalue weighted by Crippen LogP contribution is -2.36. The topological polar surface area (TPSA) is 294 Å². The third-order valence-electron chi connectivity index (χ3n) is 7.80. The summed E-state index contributed by atoms with van der Waals surface area (Å²) in [5, 5.41) is 22.2. The zero-order valence-electron chi connectivity index (χ0n) is 22.2. The van der Waals surface area contributed by atoms with Gasteiger partial charge in [-0.15, -0.1) is 0 Å². The summed E-state index contributed by atoms with van der Waals surface area (Å²) in [7, 11) is -9.96. The van der Waals surface area contributed by atoms with Crippen LogP contribution in [0.2, 0.25) is 0 Å². The fourth-order valence-electron chi connectivity index (χ4n) is 5.75. The van der Waals surface area contributed by atoms with E-state index in [1.54, 1.807) is 0 Å². The Balaban J connectivity index is 1.20. The Morgan fingerprint density at radius 1 is 0.886 bits per heavy atom. The van der Waals surface area contributed by atoms with Crippen LogP contribution in [0.25, 0.3) is 22.3 Å². The molecule has 3 fully saturated rings. The van der Waals surface area contributed by atoms with Gasteiger partial charge in [0.15, 0.2) is 28.9 Å². The predicted octanol–water partition coefficient (Wildman–Crippen LogP) is -1.26. The van der Waals surface area contributed by atoms with Crippen molar-refractivity contribution in [3.05, 3.63) is 35.7 Å². The summed E-state index contributed by atoms with van der Waals surface area (Å²) < 4.78 is 56.0. The van der Waals surface area contributed by atoms with Crippen molar-refractivity contribution in [3.63, 3.8) is 0 Å². The molecule has 2 aliphatic heterocycles. The number of nitrogens with one attached hydrogen (secondary N) is 1. The van der Waals surface area contributed by atoms with E-state index >= 15 is 0 Å². The molecule has 0 spiro atoms. The number of phosphoric ester groups is 2. The van der Waals surface area contributed by atoms with E-state index in [-0.39, 0.29) is 34.6 Å². The van der Waals surface area contributed by atoms with Gasteiger partial charge >= 0.3 is 15.6 Å². The molecule has 7 rings (SSSR count). The summed E-state index contributed by atoms with van der Waals surface area (Å²) in [5.74, 6) is -0.888. The quantitative estimate of drug-likeness (QED) is 0.137. The highest BCUT2D eigenvalue weighted by atomic mass is 31.2. The van der Waals surface area contributed by atoms with E-state index < -0.39 is 83.1 Å². The fraction of sp³-hybridized carbons (Fsp3) is 0.524. The van der Waals surface area contributed by atoms with Crippen LogP contribution < -0.4 is 11.3 Å². The van der Waals surface area contributed by atoms with Crippen LogP contribution in [0.15, 0.2) is 30.1 Å². The number of anilines is 1. The molecule has 0 amide bonds. The van der Waals surface area contributed by atoms with Gasteiger partial charge in [-0.2, -0.15) is 0 Å². The van der Waals surface area contributed by atoms with Gasteiger partial charge in [0.05, 0.1) is 44.3 Å². The maximum atomic E-state index is 13.2. The Morgan fingerprint density at radius 3 is 2.36 bits per heavy atom. The molecule has 0 aromatic carbocycles. The Hall–Kier alpha value is -3.20. The molecule has 1 saturated carbocycles. The van der Waals surface area contributed by atoms with E-state index in [0.29, 0.717) is 0 Å². The molecule has 2 bridgehead atoms. The SMILES string of the molecule is Nc1ncnc2c1ncn2[C@@H]1O[C@@H]2COP(=O)(O)O[C@H]3C(O)[C@@H](COP(=O)(O)OC2[C@H]1O)C[C@H]3n1cnc2c(=O)[nH]cnc21. The number of aromatic amines is 1. The van der Waals surface area contributed by atoms with E-state index in [4.69, 9.17) is 28.6 Å². The van der Waals surface area contributed by atoms with E-state index in [1.807, 2.05) is 0 Å². The van der Waals surface area contributed by atoms with Crippen molar-refractivity contribution in [2.24, 2.45) is 5.92 Å². The zero-order chi connectivity index (χ0) is 31.0. The van der Waals surface area contributed by atoms with Gasteiger partial charge in [0.25, 0.3) is 5.56 Å². The Labute approximate surface area is 244 Å². The van der Waals surface area contributed by atoms with E-state index in [0.717, 1.165) is 12.7 Å². The Morgan fingerprint density at radius 2 is 1.57 bits per heavy atom. The van der Waals surface area contributed by atoms with Gasteiger partial charge in [-0.05, 0) is 6.42 Å². The minimum atomic E-state index is -5.00. The molecular weight excluding hydrogens is 632 g/mol. The molecule has 4 unspecified atom stereocenters. The molecule has 4 aromatic rings. The largest absolute Gasteiger partial charge is 0.472 e. The average molecular weight is 657 g/mol. The average Bonchev–Trinajstić information content (AvgIpc) is 3.73. The Bertz CT molecular complexity index is 1880. The van der Waals surface area contributed by atoms with Gasteiger partial charge in [-0.1, -0.05) is 0 Å². The van der Waals surface area contributed by atoms with Crippen molar-refractivity contribution < 1.29 is 52.0 Å². The van der Waals surface area contributed by atoms with Crippen molar-refractivity contribution in [3.8, 4) is 0 Å². The molecule has 3 aliphatic rings. The number of nitrogen functional groups attached to an aromatic ring is 1. The second-order valence-electron chi connectivity index (χ2n) is 10.4. The van der Waals surface area contributed by atoms with Gasteiger partial charge in [-0.3, -0.25) is 27.5 Å². The normalized spacial score (nSPS) is 38.3. The lowest BCUT2D eigenvalue weighted by atomic mass is 10.1. The van der Waals surface area contributed by atoms with Crippen molar-refractivity contribution >= 4 is 43.8 Å². The predicted molar refractivity (Wildman–Crippen MR) is 142 cm³/mol. The number of hydrogen-bond donors (Lipinski definition) is 6. The maximum Gasteiger partial charge on any atom is 0.472 e. The lowest BCUT2D eigenvalue weighted by molar-refractivity contribution is -0.0552. The van der Waals surface area contributed by atoms with E-state index in [1.165, 1.54) is 21.8 Å². The first-order valence-corrected chi connectivity index (χ1v) is 16.1. The van der Waals surface area contributed by atoms with Gasteiger partial charge in [0.1, 0.15) is 36.3 Å². The molecule has 21 nitrogen and oxygen atoms in total. The molecule has 6 heterocycles. The highest BCUT2D eigenvalue weighted by Gasteiger charge is 2.53. The van der Waals surface area contributed by atoms with Crippen molar-refractivity contribution in [2.75, 3.05) is 18.9 Å². The Kier molecular flexibility index (Phi) is 7.18. The van der Waals surface area contributed by atoms with E-state index in [9.17, 15) is 33.9 Å². The number of fused-ring (bicyclic) bond motifs is 5. The number of hydrogen-bond acceptors (Lipinski definition) is 16. The highest BCUT2D eigenvalue weighted by Crippen LogP contribution is 2.55. The van der Waals surface area contributed by atoms with Crippen molar-refractivity contribution in [1.29, 1.82) is 0 Å². The molecule has 10 atom stereocenters. The molecule has 0 radical (unpaired) electrons. The third kappa shape index (κ3) is 5.05. The fourth-order valence-corrected chi connectivity index (χ4v) is 7.73. The van der Waals surface area contributed by atoms with Crippen LogP contribution in [0, 0.1) is 5.92 Å². The summed E-state index contributed by atoms with van der Waals surface area (Å²) in [5.41, 5.74) is 5.74. The number of nitrogens with zero attached hydrogens (tertiary/aromatic N) is 7. The van der Waals surface area contributed by atoms with Gasteiger partial charge in [0, 0.05) is 5.92 Å². The minimum Gasteiger partial charge on any atom is -0.390 e. The number of aromatic nitrogens is 8. The molecule has 4 aromatic heterocycles. The summed E-state index contributed by atoms with van der Waals surface area (Å²) in [6.07, 6.45) is -4.21. The molecule has 44 heavy (non-hydrogen) atoms. The van der Waals surface area contributed by atoms with Gasteiger partial charge < -0.3 is 40.0 Å². The molecule has 7 N–H and O–H groups in total. The van der Waals surface area contributed by atoms with Crippen LogP contribution in [0.5, 0.6) is 0 Å². The minimum absolute atomic E-state index is 0.0235. The number of aliphatic hydroxyl groups is 2. The second kappa shape index (κ2) is 10.7. The van der Waals surface area contributed by atoms with Crippen molar-refractivity contribution in [1.82, 2.24) is 39.0 Å². The highest BCUT2D eigenvalue weighted by molar-refractivity contribution is 7.47. The van der Waals surface area contributed by atoms with Crippen LogP contribution in [0.4, 0.5) is 5.82 Å². The summed E-state index contributed by atoms with van der Waals surface area (Å²) in [4.78, 5) is 56.1. The first kappa shape index (κ1) is 29.5. The van der Waals surface area contributed by atoms with Gasteiger partial charge in [0.2, 0.25) is 0 Å². The molecular formula is C21H25N9O12P2. The van der Waals surface area contributed by atoms with Crippen molar-refractivity contribution in [2.45, 2.75) is 49.2 Å². The first-order valence-electron chi connectivity index (χ1n) is 13.1. The van der Waals surface area contributed by atoms with Crippen LogP contribution in [0.3, 0.4) is 0 Å². The number of H-pyrrole nitrogens is 1. The van der Waals surface area contributed by atoms with Crippen LogP contribution >= 0.6 is 15.6 Å². The molecule has 2 saturated heterocycles. The van der Waals surface area contributed by atoms with Gasteiger partial charge in [-0.25, -0.2) is 34.0 Å². The number of aliphatic hydroxyl groups excluding tert-OH is 2. The van der Waals surface area contributed by atoms with E-state index in [2.05, 4.69) is 29.9 Å². The third-order valence-corrected chi connectivity index (χ3v) is 9.77. The van der Waals surface area contributed by atoms with Crippen LogP contribution in [-0.4, -0.2) is 103 Å². The molecule has 1 aliphatic carbocycles. The number of phosphoric acid groups is 2. The standard InChI is InChI=1S/C21H25N9O12P2/c22-17-11-18(24-4-23-17)30(7-27-11)21-14(32)16-10(40-21)3-39-44(36,37)41-15-9(1-8(13(15)31)2-38-43(34,35)42-16)29-6-28-12-19(29)25-5-26-20(12)33/h4-10,13-16,21,31-32H,1-3H2,(H,34,35)(H,36,37)(H2,22,23,24)(H,25,26,33)/t8-,9-,10-,13?,14-,15-,16?,21-/m1/s1. The molecule has 23 heteroatoms.